The molecule has 0 bridgehead atoms. The predicted octanol–water partition coefficient (Wildman–Crippen LogP) is 1.42. The van der Waals surface area contributed by atoms with Crippen LogP contribution >= 0.6 is 0 Å². The number of nitrogens with zero attached hydrogens (tertiary/aromatic N) is 1. The molecule has 0 radical (unpaired) electrons. The van der Waals surface area contributed by atoms with E-state index in [0.717, 1.165) is 0 Å². The summed E-state index contributed by atoms with van der Waals surface area (Å²) in [6, 6.07) is 6.34. The van der Waals surface area contributed by atoms with E-state index < -0.39 is 12.1 Å². The molecule has 1 N–H and O–H groups in total. The van der Waals surface area contributed by atoms with E-state index in [1.54, 1.807) is 25.1 Å². The van der Waals surface area contributed by atoms with Crippen LogP contribution in [0.1, 0.15) is 18.5 Å². The number of nitriles is 1. The van der Waals surface area contributed by atoms with Gasteiger partial charge in [-0.3, -0.25) is 4.79 Å². The molecule has 1 rings (SSSR count). The van der Waals surface area contributed by atoms with Crippen LogP contribution in [-0.2, 0) is 9.53 Å². The highest BCUT2D eigenvalue weighted by Crippen LogP contribution is 2.34. The van der Waals surface area contributed by atoms with Gasteiger partial charge in [-0.1, -0.05) is 12.1 Å². The fourth-order valence-electron chi connectivity index (χ4n) is 1.69. The molecule has 6 nitrogen and oxygen atoms in total. The zero-order chi connectivity index (χ0) is 15.1. The molecule has 0 aliphatic carbocycles. The van der Waals surface area contributed by atoms with Crippen LogP contribution in [-0.4, -0.2) is 33.3 Å². The van der Waals surface area contributed by atoms with Gasteiger partial charge in [0.2, 0.25) is 5.91 Å². The van der Waals surface area contributed by atoms with Gasteiger partial charge in [-0.2, -0.15) is 5.26 Å². The third-order valence-electron chi connectivity index (χ3n) is 2.88. The van der Waals surface area contributed by atoms with Gasteiger partial charge in [0.25, 0.3) is 0 Å². The van der Waals surface area contributed by atoms with Gasteiger partial charge in [-0.15, -0.1) is 0 Å². The van der Waals surface area contributed by atoms with E-state index >= 15 is 0 Å². The van der Waals surface area contributed by atoms with Gasteiger partial charge >= 0.3 is 0 Å². The zero-order valence-electron chi connectivity index (χ0n) is 12.0. The molecule has 0 saturated carbocycles. The van der Waals surface area contributed by atoms with Crippen LogP contribution in [0, 0.1) is 11.3 Å². The highest BCUT2D eigenvalue weighted by molar-refractivity contribution is 5.81. The molecule has 0 aliphatic rings. The van der Waals surface area contributed by atoms with Crippen molar-refractivity contribution < 1.29 is 19.0 Å². The Bertz CT molecular complexity index is 510. The van der Waals surface area contributed by atoms with Crippen molar-refractivity contribution in [1.82, 2.24) is 5.32 Å². The average molecular weight is 278 g/mol. The molecule has 0 saturated heterocycles. The lowest BCUT2D eigenvalue weighted by atomic mass is 10.1. The van der Waals surface area contributed by atoms with Crippen LogP contribution in [0.5, 0.6) is 11.5 Å². The molecule has 2 atom stereocenters. The molecule has 1 aromatic carbocycles. The Morgan fingerprint density at radius 1 is 1.30 bits per heavy atom. The topological polar surface area (TPSA) is 80.6 Å². The summed E-state index contributed by atoms with van der Waals surface area (Å²) in [4.78, 5) is 11.8. The largest absolute Gasteiger partial charge is 0.493 e. The second-order valence-corrected chi connectivity index (χ2v) is 4.03. The Labute approximate surface area is 118 Å². The van der Waals surface area contributed by atoms with E-state index in [-0.39, 0.29) is 5.91 Å². The van der Waals surface area contributed by atoms with Crippen LogP contribution in [0.15, 0.2) is 18.2 Å². The molecule has 20 heavy (non-hydrogen) atoms. The summed E-state index contributed by atoms with van der Waals surface area (Å²) in [5.41, 5.74) is 0.533. The van der Waals surface area contributed by atoms with Gasteiger partial charge in [0, 0.05) is 12.7 Å². The molecule has 108 valence electrons. The minimum absolute atomic E-state index is 0.371. The SMILES string of the molecule is COc1cccc(C(C#N)NC(=O)C(C)OC)c1OC. The van der Waals surface area contributed by atoms with Crippen molar-refractivity contribution >= 4 is 5.91 Å². The Morgan fingerprint density at radius 2 is 2.00 bits per heavy atom. The number of methoxy groups -OCH3 is 3. The Hall–Kier alpha value is -2.26. The van der Waals surface area contributed by atoms with E-state index in [0.29, 0.717) is 17.1 Å². The van der Waals surface area contributed by atoms with Crippen molar-refractivity contribution in [2.75, 3.05) is 21.3 Å². The zero-order valence-corrected chi connectivity index (χ0v) is 12.0. The van der Waals surface area contributed by atoms with E-state index in [1.165, 1.54) is 21.3 Å². The number of amides is 1. The number of carbonyl (C=O) groups excluding carboxylic acids is 1. The van der Waals surface area contributed by atoms with Crippen LogP contribution in [0.3, 0.4) is 0 Å². The highest BCUT2D eigenvalue weighted by Gasteiger charge is 2.22. The molecule has 0 fully saturated rings. The number of nitrogens with one attached hydrogen (secondary N) is 1. The minimum atomic E-state index is -0.842. The monoisotopic (exact) mass is 278 g/mol. The lowest BCUT2D eigenvalue weighted by Gasteiger charge is -2.18. The number of hydrogen-bond donors (Lipinski definition) is 1. The number of carbonyl (C=O) groups is 1. The van der Waals surface area contributed by atoms with Crippen LogP contribution in [0.25, 0.3) is 0 Å². The minimum Gasteiger partial charge on any atom is -0.493 e. The van der Waals surface area contributed by atoms with Crippen molar-refractivity contribution in [3.8, 4) is 17.6 Å². The molecular weight excluding hydrogens is 260 g/mol. The molecule has 0 aromatic heterocycles. The fourth-order valence-corrected chi connectivity index (χ4v) is 1.69. The summed E-state index contributed by atoms with van der Waals surface area (Å²) >= 11 is 0. The summed E-state index contributed by atoms with van der Waals surface area (Å²) in [6.07, 6.45) is -0.637. The first-order valence-corrected chi connectivity index (χ1v) is 6.02. The number of rotatable bonds is 6. The smallest absolute Gasteiger partial charge is 0.250 e. The quantitative estimate of drug-likeness (QED) is 0.851. The second kappa shape index (κ2) is 7.36. The van der Waals surface area contributed by atoms with Crippen LogP contribution < -0.4 is 14.8 Å². The normalized spacial score (nSPS) is 12.9. The van der Waals surface area contributed by atoms with Crippen molar-refractivity contribution in [3.63, 3.8) is 0 Å². The first-order chi connectivity index (χ1) is 9.58. The van der Waals surface area contributed by atoms with Crippen LogP contribution in [0.2, 0.25) is 0 Å². The van der Waals surface area contributed by atoms with Crippen molar-refractivity contribution in [2.45, 2.75) is 19.1 Å². The van der Waals surface area contributed by atoms with Crippen molar-refractivity contribution in [2.24, 2.45) is 0 Å². The Morgan fingerprint density at radius 3 is 2.50 bits per heavy atom. The van der Waals surface area contributed by atoms with Crippen molar-refractivity contribution in [3.05, 3.63) is 23.8 Å². The van der Waals surface area contributed by atoms with E-state index in [1.807, 2.05) is 6.07 Å². The molecule has 1 aromatic rings. The van der Waals surface area contributed by atoms with Crippen molar-refractivity contribution in [1.29, 1.82) is 5.26 Å². The molecule has 1 amide bonds. The highest BCUT2D eigenvalue weighted by atomic mass is 16.5. The number of hydrogen-bond acceptors (Lipinski definition) is 5. The lowest BCUT2D eigenvalue weighted by Crippen LogP contribution is -2.36. The van der Waals surface area contributed by atoms with E-state index in [9.17, 15) is 10.1 Å². The average Bonchev–Trinajstić information content (AvgIpc) is 2.50. The van der Waals surface area contributed by atoms with Crippen LogP contribution in [0.4, 0.5) is 0 Å². The predicted molar refractivity (Wildman–Crippen MR) is 72.5 cm³/mol. The van der Waals surface area contributed by atoms with Gasteiger partial charge in [0.05, 0.1) is 20.3 Å². The maximum Gasteiger partial charge on any atom is 0.250 e. The third-order valence-corrected chi connectivity index (χ3v) is 2.88. The first kappa shape index (κ1) is 15.8. The number of para-hydroxylation sites is 1. The maximum absolute atomic E-state index is 11.8. The summed E-state index contributed by atoms with van der Waals surface area (Å²) in [5.74, 6) is 0.551. The summed E-state index contributed by atoms with van der Waals surface area (Å²) in [5, 5.41) is 11.9. The summed E-state index contributed by atoms with van der Waals surface area (Å²) < 4.78 is 15.4. The Balaban J connectivity index is 3.08. The summed E-state index contributed by atoms with van der Waals surface area (Å²) in [7, 11) is 4.42. The fraction of sp³-hybridized carbons (Fsp3) is 0.429. The molecule has 0 heterocycles. The van der Waals surface area contributed by atoms with Gasteiger partial charge in [0.1, 0.15) is 12.1 Å². The standard InChI is InChI=1S/C14H18N2O4/c1-9(18-2)14(17)16-11(8-15)10-6-5-7-12(19-3)13(10)20-4/h5-7,9,11H,1-4H3,(H,16,17). The van der Waals surface area contributed by atoms with E-state index in [4.69, 9.17) is 14.2 Å². The lowest BCUT2D eigenvalue weighted by molar-refractivity contribution is -0.130. The van der Waals surface area contributed by atoms with Gasteiger partial charge in [0.15, 0.2) is 11.5 Å². The summed E-state index contributed by atoms with van der Waals surface area (Å²) in [6.45, 7) is 1.60. The molecular formula is C14H18N2O4. The Kier molecular flexibility index (Phi) is 5.81. The number of ether oxygens (including phenoxy) is 3. The second-order valence-electron chi connectivity index (χ2n) is 4.03. The molecule has 2 unspecified atom stereocenters. The molecule has 0 aliphatic heterocycles. The van der Waals surface area contributed by atoms with Gasteiger partial charge < -0.3 is 19.5 Å². The van der Waals surface area contributed by atoms with Gasteiger partial charge in [-0.25, -0.2) is 0 Å². The first-order valence-electron chi connectivity index (χ1n) is 6.02. The molecule has 6 heteroatoms. The van der Waals surface area contributed by atoms with E-state index in [2.05, 4.69) is 5.32 Å². The maximum atomic E-state index is 11.8. The van der Waals surface area contributed by atoms with Gasteiger partial charge in [-0.05, 0) is 13.0 Å². The number of benzene rings is 1. The molecule has 0 spiro atoms. The third kappa shape index (κ3) is 3.39.